The van der Waals surface area contributed by atoms with Crippen LogP contribution in [-0.4, -0.2) is 46.8 Å². The van der Waals surface area contributed by atoms with Gasteiger partial charge in [-0.05, 0) is 24.1 Å². The minimum atomic E-state index is -0.575. The maximum absolute atomic E-state index is 11.4. The Hall–Kier alpha value is -0.710. The smallest absolute Gasteiger partial charge is 0.0452 e. The van der Waals surface area contributed by atoms with E-state index in [0.717, 1.165) is 44.1 Å². The minimum absolute atomic E-state index is 0.446. The van der Waals surface area contributed by atoms with E-state index in [-0.39, 0.29) is 0 Å². The second-order valence-corrected chi connectivity index (χ2v) is 6.80. The van der Waals surface area contributed by atoms with Crippen LogP contribution < -0.4 is 5.32 Å². The molecule has 1 aromatic rings. The van der Waals surface area contributed by atoms with Crippen molar-refractivity contribution in [1.82, 2.24) is 10.2 Å². The summed E-state index contributed by atoms with van der Waals surface area (Å²) in [4.78, 5) is 2.45. The normalized spacial score (nSPS) is 25.9. The zero-order chi connectivity index (χ0) is 12.4. The van der Waals surface area contributed by atoms with Crippen LogP contribution in [-0.2, 0) is 17.2 Å². The topological polar surface area (TPSA) is 32.3 Å². The average molecular weight is 264 g/mol. The van der Waals surface area contributed by atoms with Gasteiger partial charge in [-0.25, -0.2) is 0 Å². The van der Waals surface area contributed by atoms with Crippen molar-refractivity contribution in [1.29, 1.82) is 0 Å². The maximum atomic E-state index is 11.4. The quantitative estimate of drug-likeness (QED) is 0.863. The molecular formula is C14H20N2OS. The van der Waals surface area contributed by atoms with Crippen LogP contribution in [0.15, 0.2) is 24.3 Å². The molecule has 4 heteroatoms. The van der Waals surface area contributed by atoms with Gasteiger partial charge in [-0.1, -0.05) is 24.3 Å². The molecule has 3 rings (SSSR count). The van der Waals surface area contributed by atoms with Gasteiger partial charge in [-0.2, -0.15) is 0 Å². The van der Waals surface area contributed by atoms with E-state index in [2.05, 4.69) is 34.5 Å². The summed E-state index contributed by atoms with van der Waals surface area (Å²) in [6.07, 6.45) is 1.14. The molecule has 0 aliphatic carbocycles. The van der Waals surface area contributed by atoms with E-state index < -0.39 is 10.8 Å². The molecule has 1 fully saturated rings. The summed E-state index contributed by atoms with van der Waals surface area (Å²) in [5.74, 6) is 1.68. The standard InChI is InChI=1S/C14H20N2OS/c17-18-9-7-16(8-10-18)11-14-13-4-2-1-3-12(13)5-6-15-14/h1-4,14-15H,5-11H2. The lowest BCUT2D eigenvalue weighted by Crippen LogP contribution is -2.44. The first-order chi connectivity index (χ1) is 8.83. The van der Waals surface area contributed by atoms with Crippen LogP contribution in [0.2, 0.25) is 0 Å². The largest absolute Gasteiger partial charge is 0.309 e. The molecule has 0 radical (unpaired) electrons. The fourth-order valence-electron chi connectivity index (χ4n) is 2.87. The van der Waals surface area contributed by atoms with Crippen molar-refractivity contribution >= 4 is 10.8 Å². The first-order valence-corrected chi connectivity index (χ1v) is 8.20. The molecule has 1 saturated heterocycles. The zero-order valence-corrected chi connectivity index (χ0v) is 11.4. The molecule has 2 aliphatic rings. The fourth-order valence-corrected chi connectivity index (χ4v) is 4.00. The van der Waals surface area contributed by atoms with E-state index in [0.29, 0.717) is 6.04 Å². The molecular weight excluding hydrogens is 244 g/mol. The van der Waals surface area contributed by atoms with Gasteiger partial charge in [0.1, 0.15) is 0 Å². The molecule has 1 N–H and O–H groups in total. The second kappa shape index (κ2) is 5.51. The highest BCUT2D eigenvalue weighted by molar-refractivity contribution is 7.85. The van der Waals surface area contributed by atoms with E-state index >= 15 is 0 Å². The highest BCUT2D eigenvalue weighted by atomic mass is 32.2. The fraction of sp³-hybridized carbons (Fsp3) is 0.571. The molecule has 0 aromatic heterocycles. The lowest BCUT2D eigenvalue weighted by Gasteiger charge is -2.33. The Labute approximate surface area is 111 Å². The molecule has 3 nitrogen and oxygen atoms in total. The van der Waals surface area contributed by atoms with Gasteiger partial charge in [0, 0.05) is 48.0 Å². The molecule has 1 atom stereocenters. The van der Waals surface area contributed by atoms with Gasteiger partial charge in [0.05, 0.1) is 0 Å². The Kier molecular flexibility index (Phi) is 3.77. The zero-order valence-electron chi connectivity index (χ0n) is 10.6. The molecule has 98 valence electrons. The van der Waals surface area contributed by atoms with Gasteiger partial charge >= 0.3 is 0 Å². The van der Waals surface area contributed by atoms with Crippen molar-refractivity contribution in [2.24, 2.45) is 0 Å². The Balaban J connectivity index is 1.69. The van der Waals surface area contributed by atoms with Crippen LogP contribution >= 0.6 is 0 Å². The van der Waals surface area contributed by atoms with E-state index in [9.17, 15) is 4.21 Å². The number of benzene rings is 1. The van der Waals surface area contributed by atoms with E-state index in [4.69, 9.17) is 0 Å². The van der Waals surface area contributed by atoms with Gasteiger partial charge in [0.25, 0.3) is 0 Å². The van der Waals surface area contributed by atoms with Crippen LogP contribution in [0.5, 0.6) is 0 Å². The Bertz CT molecular complexity index is 439. The van der Waals surface area contributed by atoms with E-state index in [1.807, 2.05) is 0 Å². The molecule has 1 unspecified atom stereocenters. The summed E-state index contributed by atoms with van der Waals surface area (Å²) in [7, 11) is -0.575. The number of fused-ring (bicyclic) bond motifs is 1. The number of hydrogen-bond acceptors (Lipinski definition) is 3. The van der Waals surface area contributed by atoms with E-state index in [1.54, 1.807) is 0 Å². The van der Waals surface area contributed by atoms with Crippen LogP contribution in [0.1, 0.15) is 17.2 Å². The minimum Gasteiger partial charge on any atom is -0.309 e. The van der Waals surface area contributed by atoms with Crippen molar-refractivity contribution < 1.29 is 4.21 Å². The maximum Gasteiger partial charge on any atom is 0.0452 e. The summed E-state index contributed by atoms with van der Waals surface area (Å²) in [6.45, 7) is 4.08. The van der Waals surface area contributed by atoms with Crippen molar-refractivity contribution in [3.8, 4) is 0 Å². The van der Waals surface area contributed by atoms with Crippen LogP contribution in [0.3, 0.4) is 0 Å². The summed E-state index contributed by atoms with van der Waals surface area (Å²) >= 11 is 0. The summed E-state index contributed by atoms with van der Waals surface area (Å²) in [6, 6.07) is 9.19. The summed E-state index contributed by atoms with van der Waals surface area (Å²) < 4.78 is 11.4. The summed E-state index contributed by atoms with van der Waals surface area (Å²) in [5, 5.41) is 3.62. The highest BCUT2D eigenvalue weighted by Crippen LogP contribution is 2.23. The molecule has 0 amide bonds. The molecule has 1 aromatic carbocycles. The Morgan fingerprint density at radius 2 is 2.06 bits per heavy atom. The second-order valence-electron chi connectivity index (χ2n) is 5.10. The van der Waals surface area contributed by atoms with Crippen molar-refractivity contribution in [3.05, 3.63) is 35.4 Å². The predicted molar refractivity (Wildman–Crippen MR) is 75.2 cm³/mol. The molecule has 2 heterocycles. The number of nitrogens with one attached hydrogen (secondary N) is 1. The van der Waals surface area contributed by atoms with Crippen LogP contribution in [0.4, 0.5) is 0 Å². The summed E-state index contributed by atoms with van der Waals surface area (Å²) in [5.41, 5.74) is 2.94. The first-order valence-electron chi connectivity index (χ1n) is 6.71. The average Bonchev–Trinajstić information content (AvgIpc) is 2.42. The lowest BCUT2D eigenvalue weighted by atomic mass is 9.94. The van der Waals surface area contributed by atoms with Crippen molar-refractivity contribution in [2.75, 3.05) is 37.7 Å². The number of nitrogens with zero attached hydrogens (tertiary/aromatic N) is 1. The number of rotatable bonds is 2. The van der Waals surface area contributed by atoms with Crippen molar-refractivity contribution in [3.63, 3.8) is 0 Å². The molecule has 0 saturated carbocycles. The first kappa shape index (κ1) is 12.3. The molecule has 2 aliphatic heterocycles. The van der Waals surface area contributed by atoms with Gasteiger partial charge in [0.15, 0.2) is 0 Å². The number of hydrogen-bond donors (Lipinski definition) is 1. The third kappa shape index (κ3) is 2.66. The Morgan fingerprint density at radius 1 is 1.28 bits per heavy atom. The molecule has 18 heavy (non-hydrogen) atoms. The van der Waals surface area contributed by atoms with Crippen LogP contribution in [0, 0.1) is 0 Å². The SMILES string of the molecule is O=S1CCN(CC2NCCc3ccccc32)CC1. The van der Waals surface area contributed by atoms with Gasteiger partial charge in [-0.3, -0.25) is 9.11 Å². The monoisotopic (exact) mass is 264 g/mol. The van der Waals surface area contributed by atoms with Crippen molar-refractivity contribution in [2.45, 2.75) is 12.5 Å². The lowest BCUT2D eigenvalue weighted by molar-refractivity contribution is 0.258. The Morgan fingerprint density at radius 3 is 2.89 bits per heavy atom. The highest BCUT2D eigenvalue weighted by Gasteiger charge is 2.23. The van der Waals surface area contributed by atoms with Crippen LogP contribution in [0.25, 0.3) is 0 Å². The van der Waals surface area contributed by atoms with Gasteiger partial charge in [0.2, 0.25) is 0 Å². The van der Waals surface area contributed by atoms with Gasteiger partial charge < -0.3 is 5.32 Å². The molecule has 0 spiro atoms. The third-order valence-corrected chi connectivity index (χ3v) is 5.20. The van der Waals surface area contributed by atoms with E-state index in [1.165, 1.54) is 11.1 Å². The third-order valence-electron chi connectivity index (χ3n) is 3.93. The predicted octanol–water partition coefficient (Wildman–Crippen LogP) is 0.938. The molecule has 0 bridgehead atoms. The van der Waals surface area contributed by atoms with Gasteiger partial charge in [-0.15, -0.1) is 0 Å².